The molecule has 0 aromatic rings. The van der Waals surface area contributed by atoms with Crippen LogP contribution in [0.1, 0.15) is 245 Å². The molecule has 0 heterocycles. The first-order chi connectivity index (χ1) is 30.7. The molecule has 0 saturated heterocycles. The first kappa shape index (κ1) is 59.3. The van der Waals surface area contributed by atoms with E-state index in [9.17, 15) is 15.0 Å². The van der Waals surface area contributed by atoms with E-state index in [1.54, 1.807) is 6.08 Å². The third kappa shape index (κ3) is 48.3. The second kappa shape index (κ2) is 52.7. The van der Waals surface area contributed by atoms with Gasteiger partial charge in [0.15, 0.2) is 0 Å². The van der Waals surface area contributed by atoms with Crippen LogP contribution in [0.2, 0.25) is 0 Å². The highest BCUT2D eigenvalue weighted by atomic mass is 16.3. The van der Waals surface area contributed by atoms with Crippen LogP contribution in [0.15, 0.2) is 97.2 Å². The molecule has 0 spiro atoms. The van der Waals surface area contributed by atoms with Crippen LogP contribution in [0.5, 0.6) is 0 Å². The number of hydrogen-bond acceptors (Lipinski definition) is 3. The number of aliphatic hydroxyl groups excluding tert-OH is 2. The summed E-state index contributed by atoms with van der Waals surface area (Å²) in [6, 6.07) is -0.648. The number of rotatable bonds is 47. The maximum atomic E-state index is 12.4. The van der Waals surface area contributed by atoms with Gasteiger partial charge in [0, 0.05) is 6.42 Å². The van der Waals surface area contributed by atoms with Crippen LogP contribution in [0.4, 0.5) is 0 Å². The Labute approximate surface area is 385 Å². The van der Waals surface area contributed by atoms with Crippen LogP contribution < -0.4 is 5.32 Å². The van der Waals surface area contributed by atoms with Gasteiger partial charge in [0.2, 0.25) is 5.91 Å². The number of carbonyl (C=O) groups is 1. The molecule has 0 saturated carbocycles. The molecule has 2 unspecified atom stereocenters. The summed E-state index contributed by atoms with van der Waals surface area (Å²) in [7, 11) is 0. The third-order valence-electron chi connectivity index (χ3n) is 11.6. The molecule has 62 heavy (non-hydrogen) atoms. The van der Waals surface area contributed by atoms with Crippen molar-refractivity contribution < 1.29 is 15.0 Å². The minimum Gasteiger partial charge on any atom is -0.394 e. The molecule has 2 atom stereocenters. The topological polar surface area (TPSA) is 69.6 Å². The molecule has 0 bridgehead atoms. The lowest BCUT2D eigenvalue weighted by Gasteiger charge is -2.19. The van der Waals surface area contributed by atoms with E-state index in [0.717, 1.165) is 83.5 Å². The van der Waals surface area contributed by atoms with E-state index in [-0.39, 0.29) is 12.5 Å². The molecular weight excluding hydrogens is 759 g/mol. The number of aliphatic hydroxyl groups is 2. The summed E-state index contributed by atoms with van der Waals surface area (Å²) in [6.07, 6.45) is 78.3. The summed E-state index contributed by atoms with van der Waals surface area (Å²) in [6.45, 7) is 4.19. The minimum absolute atomic E-state index is 0.0977. The fourth-order valence-corrected chi connectivity index (χ4v) is 7.57. The zero-order valence-electron chi connectivity index (χ0n) is 40.9. The molecule has 0 aliphatic heterocycles. The molecule has 0 aliphatic rings. The van der Waals surface area contributed by atoms with Gasteiger partial charge in [-0.25, -0.2) is 0 Å². The molecule has 3 N–H and O–H groups in total. The minimum atomic E-state index is -0.861. The van der Waals surface area contributed by atoms with E-state index in [4.69, 9.17) is 0 Å². The SMILES string of the molecule is CC/C=C\C/C=C\C/C=C\C/C=C\C/C=C\C/C=C\C/C=C\CCCCCC(=O)NC(CO)C(O)/C=C/CCCCCCCCCCCCCCCCCCCCCCCCC. The van der Waals surface area contributed by atoms with Crippen LogP contribution in [-0.4, -0.2) is 34.9 Å². The molecule has 0 aromatic heterocycles. The molecular formula is C58H101NO3. The van der Waals surface area contributed by atoms with Crippen LogP contribution in [0.25, 0.3) is 0 Å². The summed E-state index contributed by atoms with van der Waals surface area (Å²) in [5.41, 5.74) is 0. The molecule has 1 amide bonds. The lowest BCUT2D eigenvalue weighted by atomic mass is 10.0. The lowest BCUT2D eigenvalue weighted by Crippen LogP contribution is -2.45. The van der Waals surface area contributed by atoms with Crippen molar-refractivity contribution in [2.45, 2.75) is 257 Å². The van der Waals surface area contributed by atoms with Gasteiger partial charge in [0.25, 0.3) is 0 Å². The number of carbonyl (C=O) groups excluding carboxylic acids is 1. The van der Waals surface area contributed by atoms with Gasteiger partial charge >= 0.3 is 0 Å². The van der Waals surface area contributed by atoms with E-state index >= 15 is 0 Å². The van der Waals surface area contributed by atoms with Crippen molar-refractivity contribution in [1.82, 2.24) is 5.32 Å². The Morgan fingerprint density at radius 2 is 0.710 bits per heavy atom. The average Bonchev–Trinajstić information content (AvgIpc) is 3.28. The number of amides is 1. The van der Waals surface area contributed by atoms with Crippen molar-refractivity contribution in [1.29, 1.82) is 0 Å². The van der Waals surface area contributed by atoms with Crippen LogP contribution >= 0.6 is 0 Å². The van der Waals surface area contributed by atoms with Gasteiger partial charge in [-0.15, -0.1) is 0 Å². The first-order valence-electron chi connectivity index (χ1n) is 26.5. The van der Waals surface area contributed by atoms with Crippen molar-refractivity contribution in [2.75, 3.05) is 6.61 Å². The van der Waals surface area contributed by atoms with Gasteiger partial charge in [0.1, 0.15) is 0 Å². The van der Waals surface area contributed by atoms with Gasteiger partial charge in [-0.3, -0.25) is 4.79 Å². The Bertz CT molecular complexity index is 1160. The first-order valence-corrected chi connectivity index (χ1v) is 26.5. The van der Waals surface area contributed by atoms with Crippen molar-refractivity contribution in [3.05, 3.63) is 97.2 Å². The number of allylic oxidation sites excluding steroid dienone is 15. The molecule has 0 aliphatic carbocycles. The summed E-state index contributed by atoms with van der Waals surface area (Å²) in [5, 5.41) is 23.1. The predicted molar refractivity (Wildman–Crippen MR) is 276 cm³/mol. The van der Waals surface area contributed by atoms with Crippen LogP contribution in [0.3, 0.4) is 0 Å². The van der Waals surface area contributed by atoms with Gasteiger partial charge in [-0.05, 0) is 77.0 Å². The van der Waals surface area contributed by atoms with Crippen molar-refractivity contribution >= 4 is 5.91 Å². The normalized spacial score (nSPS) is 13.7. The molecule has 0 aromatic carbocycles. The summed E-state index contributed by atoms with van der Waals surface area (Å²) >= 11 is 0. The second-order valence-corrected chi connectivity index (χ2v) is 17.6. The summed E-state index contributed by atoms with van der Waals surface area (Å²) < 4.78 is 0. The monoisotopic (exact) mass is 860 g/mol. The number of nitrogens with one attached hydrogen (secondary N) is 1. The van der Waals surface area contributed by atoms with Crippen molar-refractivity contribution in [3.63, 3.8) is 0 Å². The highest BCUT2D eigenvalue weighted by Gasteiger charge is 2.17. The molecule has 356 valence electrons. The Balaban J connectivity index is 3.63. The zero-order chi connectivity index (χ0) is 44.9. The van der Waals surface area contributed by atoms with Gasteiger partial charge in [-0.2, -0.15) is 0 Å². The lowest BCUT2D eigenvalue weighted by molar-refractivity contribution is -0.123. The highest BCUT2D eigenvalue weighted by Crippen LogP contribution is 2.16. The van der Waals surface area contributed by atoms with Crippen LogP contribution in [-0.2, 0) is 4.79 Å². The van der Waals surface area contributed by atoms with E-state index in [0.29, 0.717) is 6.42 Å². The average molecular weight is 860 g/mol. The van der Waals surface area contributed by atoms with E-state index in [1.807, 2.05) is 6.08 Å². The quantitative estimate of drug-likeness (QED) is 0.0422. The standard InChI is InChI=1S/C58H101NO3/c1-3-5-7-9-11-13-15-17-19-21-23-25-27-29-31-33-35-37-39-41-43-45-47-49-51-53-57(61)56(55-60)59-58(62)54-52-50-48-46-44-42-40-38-36-34-32-30-28-26-24-22-20-18-16-14-12-10-8-6-4-2/h6,8,12,14,18,20,24,26,30,32,36,38,42,44,51,53,56-57,60-61H,3-5,7,9-11,13,15-17,19,21-23,25,27-29,31,33-35,37,39-41,43,45-50,52,54-55H2,1-2H3,(H,59,62)/b8-6-,14-12-,20-18-,26-24-,32-30-,38-36-,44-42-,53-51+. The van der Waals surface area contributed by atoms with Crippen LogP contribution in [0, 0.1) is 0 Å². The Morgan fingerprint density at radius 3 is 1.06 bits per heavy atom. The smallest absolute Gasteiger partial charge is 0.220 e. The van der Waals surface area contributed by atoms with E-state index in [1.165, 1.54) is 141 Å². The summed E-state index contributed by atoms with van der Waals surface area (Å²) in [5.74, 6) is -0.0977. The molecule has 0 radical (unpaired) electrons. The predicted octanol–water partition coefficient (Wildman–Crippen LogP) is 17.4. The van der Waals surface area contributed by atoms with Gasteiger partial charge < -0.3 is 15.5 Å². The Hall–Kier alpha value is -2.69. The Kier molecular flexibility index (Phi) is 50.4. The fraction of sp³-hybridized carbons (Fsp3) is 0.707. The molecule has 0 rings (SSSR count). The van der Waals surface area contributed by atoms with Crippen molar-refractivity contribution in [3.8, 4) is 0 Å². The maximum absolute atomic E-state index is 12.4. The zero-order valence-corrected chi connectivity index (χ0v) is 40.9. The van der Waals surface area contributed by atoms with E-state index < -0.39 is 12.1 Å². The fourth-order valence-electron chi connectivity index (χ4n) is 7.57. The second-order valence-electron chi connectivity index (χ2n) is 17.6. The Morgan fingerprint density at radius 1 is 0.403 bits per heavy atom. The maximum Gasteiger partial charge on any atom is 0.220 e. The van der Waals surface area contributed by atoms with E-state index in [2.05, 4.69) is 104 Å². The molecule has 0 fully saturated rings. The van der Waals surface area contributed by atoms with Crippen molar-refractivity contribution in [2.24, 2.45) is 0 Å². The van der Waals surface area contributed by atoms with Gasteiger partial charge in [-0.1, -0.05) is 259 Å². The van der Waals surface area contributed by atoms with Gasteiger partial charge in [0.05, 0.1) is 18.8 Å². The molecule has 4 nitrogen and oxygen atoms in total. The molecule has 4 heteroatoms. The number of unbranched alkanes of at least 4 members (excludes halogenated alkanes) is 26. The summed E-state index contributed by atoms with van der Waals surface area (Å²) in [4.78, 5) is 12.4. The highest BCUT2D eigenvalue weighted by molar-refractivity contribution is 5.76. The number of hydrogen-bond donors (Lipinski definition) is 3. The third-order valence-corrected chi connectivity index (χ3v) is 11.6. The largest absolute Gasteiger partial charge is 0.394 e.